The lowest BCUT2D eigenvalue weighted by molar-refractivity contribution is 0.0565. The molecule has 0 radical (unpaired) electrons. The molecule has 114 valence electrons. The maximum absolute atomic E-state index is 12.2. The van der Waals surface area contributed by atoms with Gasteiger partial charge in [-0.25, -0.2) is 4.79 Å². The Balaban J connectivity index is 1.82. The second-order valence-electron chi connectivity index (χ2n) is 4.90. The maximum Gasteiger partial charge on any atom is 0.322 e. The van der Waals surface area contributed by atoms with Crippen molar-refractivity contribution in [2.75, 3.05) is 38.2 Å². The Morgan fingerprint density at radius 2 is 1.95 bits per heavy atom. The smallest absolute Gasteiger partial charge is 0.322 e. The number of anilines is 1. The van der Waals surface area contributed by atoms with Crippen molar-refractivity contribution in [2.45, 2.75) is 13.0 Å². The molecule has 0 spiro atoms. The van der Waals surface area contributed by atoms with Gasteiger partial charge in [0.25, 0.3) is 5.91 Å². The van der Waals surface area contributed by atoms with E-state index in [9.17, 15) is 9.59 Å². The van der Waals surface area contributed by atoms with Gasteiger partial charge in [0, 0.05) is 18.0 Å². The van der Waals surface area contributed by atoms with Crippen molar-refractivity contribution in [2.24, 2.45) is 5.73 Å². The van der Waals surface area contributed by atoms with Gasteiger partial charge < -0.3 is 20.1 Å². The molecule has 3 heterocycles. The Morgan fingerprint density at radius 3 is 2.67 bits per heavy atom. The molecular formula is C13H17N3O4S. The van der Waals surface area contributed by atoms with Gasteiger partial charge >= 0.3 is 6.03 Å². The van der Waals surface area contributed by atoms with E-state index < -0.39 is 5.91 Å². The molecule has 3 amide bonds. The summed E-state index contributed by atoms with van der Waals surface area (Å²) in [4.78, 5) is 26.6. The molecule has 7 nitrogen and oxygen atoms in total. The van der Waals surface area contributed by atoms with Crippen LogP contribution in [0.2, 0.25) is 0 Å². The lowest BCUT2D eigenvalue weighted by Gasteiger charge is -2.26. The predicted octanol–water partition coefficient (Wildman–Crippen LogP) is 0.784. The summed E-state index contributed by atoms with van der Waals surface area (Å²) in [5.41, 5.74) is 6.82. The first-order chi connectivity index (χ1) is 10.2. The third kappa shape index (κ3) is 2.87. The highest BCUT2D eigenvalue weighted by Crippen LogP contribution is 2.36. The van der Waals surface area contributed by atoms with Crippen LogP contribution in [0.3, 0.4) is 0 Å². The van der Waals surface area contributed by atoms with Crippen LogP contribution in [-0.4, -0.2) is 49.7 Å². The average molecular weight is 311 g/mol. The molecule has 0 aromatic carbocycles. The summed E-state index contributed by atoms with van der Waals surface area (Å²) in [6, 6.07) is -0.222. The Morgan fingerprint density at radius 1 is 1.19 bits per heavy atom. The number of carbonyl (C=O) groups excluding carboxylic acids is 2. The Labute approximate surface area is 126 Å². The summed E-state index contributed by atoms with van der Waals surface area (Å²) in [7, 11) is 0. The zero-order valence-corrected chi connectivity index (χ0v) is 12.3. The molecule has 1 saturated heterocycles. The highest BCUT2D eigenvalue weighted by molar-refractivity contribution is 7.17. The zero-order valence-electron chi connectivity index (χ0n) is 11.5. The third-order valence-electron chi connectivity index (χ3n) is 3.59. The molecular weight excluding hydrogens is 294 g/mol. The fourth-order valence-electron chi connectivity index (χ4n) is 2.52. The summed E-state index contributed by atoms with van der Waals surface area (Å²) in [5.74, 6) is -0.508. The molecule has 1 aromatic rings. The van der Waals surface area contributed by atoms with Crippen LogP contribution in [0.5, 0.6) is 0 Å². The number of hydrogen-bond donors (Lipinski definition) is 2. The number of nitrogens with one attached hydrogen (secondary N) is 1. The number of ether oxygens (including phenoxy) is 2. The normalized spacial score (nSPS) is 18.2. The number of primary amides is 1. The van der Waals surface area contributed by atoms with E-state index in [0.717, 1.165) is 10.4 Å². The average Bonchev–Trinajstić information content (AvgIpc) is 2.86. The Hall–Kier alpha value is -1.64. The third-order valence-corrected chi connectivity index (χ3v) is 4.71. The van der Waals surface area contributed by atoms with Crippen molar-refractivity contribution < 1.29 is 19.1 Å². The molecule has 3 N–H and O–H groups in total. The topological polar surface area (TPSA) is 93.9 Å². The number of carbonyl (C=O) groups is 2. The van der Waals surface area contributed by atoms with Crippen molar-refractivity contribution in [1.82, 2.24) is 4.90 Å². The number of nitrogens with zero attached hydrogens (tertiary/aromatic N) is 1. The van der Waals surface area contributed by atoms with Crippen molar-refractivity contribution in [3.8, 4) is 0 Å². The Bertz CT molecular complexity index is 566. The van der Waals surface area contributed by atoms with Gasteiger partial charge in [0.2, 0.25) is 0 Å². The van der Waals surface area contributed by atoms with Crippen molar-refractivity contribution in [1.29, 1.82) is 0 Å². The number of amides is 3. The lowest BCUT2D eigenvalue weighted by Crippen LogP contribution is -2.43. The van der Waals surface area contributed by atoms with Gasteiger partial charge in [-0.05, 0) is 12.0 Å². The van der Waals surface area contributed by atoms with Gasteiger partial charge in [-0.3, -0.25) is 10.1 Å². The lowest BCUT2D eigenvalue weighted by atomic mass is 10.1. The molecule has 1 fully saturated rings. The van der Waals surface area contributed by atoms with Crippen LogP contribution in [0, 0.1) is 0 Å². The van der Waals surface area contributed by atoms with Crippen molar-refractivity contribution >= 4 is 28.3 Å². The number of fused-ring (bicyclic) bond motifs is 1. The summed E-state index contributed by atoms with van der Waals surface area (Å²) >= 11 is 1.37. The molecule has 0 atom stereocenters. The number of rotatable bonds is 2. The highest BCUT2D eigenvalue weighted by atomic mass is 32.1. The SMILES string of the molecule is NC(=O)c1c(NC(=O)N2CCOCC2)sc2c1CCOC2. The summed E-state index contributed by atoms with van der Waals surface area (Å²) < 4.78 is 10.6. The minimum atomic E-state index is -0.508. The van der Waals surface area contributed by atoms with E-state index in [1.807, 2.05) is 0 Å². The van der Waals surface area contributed by atoms with E-state index in [1.54, 1.807) is 4.90 Å². The minimum Gasteiger partial charge on any atom is -0.378 e. The first-order valence-corrected chi connectivity index (χ1v) is 7.64. The van der Waals surface area contributed by atoms with Crippen LogP contribution in [0.15, 0.2) is 0 Å². The first kappa shape index (κ1) is 14.3. The van der Waals surface area contributed by atoms with Crippen LogP contribution < -0.4 is 11.1 Å². The quantitative estimate of drug-likeness (QED) is 0.844. The number of morpholine rings is 1. The van der Waals surface area contributed by atoms with Gasteiger partial charge in [-0.1, -0.05) is 0 Å². The van der Waals surface area contributed by atoms with Crippen LogP contribution in [0.1, 0.15) is 20.8 Å². The summed E-state index contributed by atoms with van der Waals surface area (Å²) in [6.07, 6.45) is 0.650. The largest absolute Gasteiger partial charge is 0.378 e. The fourth-order valence-corrected chi connectivity index (χ4v) is 3.70. The van der Waals surface area contributed by atoms with Crippen LogP contribution in [0.25, 0.3) is 0 Å². The molecule has 2 aliphatic rings. The summed E-state index contributed by atoms with van der Waals surface area (Å²) in [6.45, 7) is 3.20. The minimum absolute atomic E-state index is 0.222. The van der Waals surface area contributed by atoms with E-state index >= 15 is 0 Å². The molecule has 8 heteroatoms. The molecule has 0 unspecified atom stereocenters. The van der Waals surface area contributed by atoms with E-state index in [2.05, 4.69) is 5.32 Å². The predicted molar refractivity (Wildman–Crippen MR) is 77.6 cm³/mol. The van der Waals surface area contributed by atoms with E-state index in [-0.39, 0.29) is 6.03 Å². The summed E-state index contributed by atoms with van der Waals surface area (Å²) in [5, 5.41) is 3.34. The van der Waals surface area contributed by atoms with Crippen molar-refractivity contribution in [3.05, 3.63) is 16.0 Å². The van der Waals surface area contributed by atoms with Gasteiger partial charge in [-0.15, -0.1) is 11.3 Å². The van der Waals surface area contributed by atoms with Gasteiger partial charge in [-0.2, -0.15) is 0 Å². The number of thiophene rings is 1. The number of urea groups is 1. The molecule has 3 rings (SSSR count). The second kappa shape index (κ2) is 6.00. The molecule has 0 bridgehead atoms. The monoisotopic (exact) mass is 311 g/mol. The molecule has 1 aromatic heterocycles. The first-order valence-electron chi connectivity index (χ1n) is 6.82. The van der Waals surface area contributed by atoms with E-state index in [4.69, 9.17) is 15.2 Å². The molecule has 0 saturated carbocycles. The fraction of sp³-hybridized carbons (Fsp3) is 0.538. The second-order valence-corrected chi connectivity index (χ2v) is 6.01. The standard InChI is InChI=1S/C13H17N3O4S/c14-11(17)10-8-1-4-20-7-9(8)21-12(10)15-13(18)16-2-5-19-6-3-16/h1-7H2,(H2,14,17)(H,15,18). The zero-order chi connectivity index (χ0) is 14.8. The number of hydrogen-bond acceptors (Lipinski definition) is 5. The highest BCUT2D eigenvalue weighted by Gasteiger charge is 2.26. The maximum atomic E-state index is 12.2. The Kier molecular flexibility index (Phi) is 4.09. The van der Waals surface area contributed by atoms with Crippen LogP contribution in [-0.2, 0) is 22.5 Å². The number of nitrogens with two attached hydrogens (primary N) is 1. The van der Waals surface area contributed by atoms with Gasteiger partial charge in [0.15, 0.2) is 0 Å². The molecule has 21 heavy (non-hydrogen) atoms. The van der Waals surface area contributed by atoms with E-state index in [1.165, 1.54) is 11.3 Å². The van der Waals surface area contributed by atoms with E-state index in [0.29, 0.717) is 56.5 Å². The molecule has 2 aliphatic heterocycles. The van der Waals surface area contributed by atoms with Crippen molar-refractivity contribution in [3.63, 3.8) is 0 Å². The van der Waals surface area contributed by atoms with Gasteiger partial charge in [0.05, 0.1) is 32.0 Å². The molecule has 0 aliphatic carbocycles. The van der Waals surface area contributed by atoms with Crippen LogP contribution in [0.4, 0.5) is 9.80 Å². The van der Waals surface area contributed by atoms with Gasteiger partial charge in [0.1, 0.15) is 5.00 Å². The van der Waals surface area contributed by atoms with Crippen LogP contribution >= 0.6 is 11.3 Å².